The number of hydrogen-bond donors (Lipinski definition) is 2. The van der Waals surface area contributed by atoms with Crippen molar-refractivity contribution in [2.24, 2.45) is 5.92 Å². The Morgan fingerprint density at radius 1 is 1.29 bits per heavy atom. The molecule has 6 heteroatoms. The van der Waals surface area contributed by atoms with Gasteiger partial charge in [-0.15, -0.1) is 11.3 Å². The van der Waals surface area contributed by atoms with Crippen molar-refractivity contribution in [2.45, 2.75) is 64.9 Å². The molecule has 2 atom stereocenters. The van der Waals surface area contributed by atoms with Crippen LogP contribution in [-0.2, 0) is 16.6 Å². The summed E-state index contributed by atoms with van der Waals surface area (Å²) in [4.78, 5) is 1.35. The molecule has 0 aliphatic heterocycles. The summed E-state index contributed by atoms with van der Waals surface area (Å²) >= 11 is 1.51. The average molecular weight is 333 g/mol. The Balaban J connectivity index is 2.89. The molecule has 0 saturated heterocycles. The molecular formula is C15H28N2O2S2. The van der Waals surface area contributed by atoms with Crippen molar-refractivity contribution in [2.75, 3.05) is 6.54 Å². The van der Waals surface area contributed by atoms with E-state index in [1.165, 1.54) is 11.3 Å². The molecule has 1 aromatic rings. The summed E-state index contributed by atoms with van der Waals surface area (Å²) in [6.07, 6.45) is 1.93. The maximum Gasteiger partial charge on any atom is 0.242 e. The summed E-state index contributed by atoms with van der Waals surface area (Å²) in [6, 6.07) is -0.0452. The third-order valence-electron chi connectivity index (χ3n) is 3.60. The van der Waals surface area contributed by atoms with Gasteiger partial charge in [0.1, 0.15) is 4.90 Å². The molecule has 0 fully saturated rings. The quantitative estimate of drug-likeness (QED) is 0.730. The van der Waals surface area contributed by atoms with Gasteiger partial charge in [-0.05, 0) is 43.7 Å². The first-order valence-electron chi connectivity index (χ1n) is 7.61. The summed E-state index contributed by atoms with van der Waals surface area (Å²) in [5, 5.41) is 5.12. The number of aryl methyl sites for hydroxylation is 1. The van der Waals surface area contributed by atoms with Crippen molar-refractivity contribution in [3.05, 3.63) is 15.8 Å². The Labute approximate surface area is 133 Å². The molecule has 122 valence electrons. The summed E-state index contributed by atoms with van der Waals surface area (Å²) in [6.45, 7) is 11.5. The van der Waals surface area contributed by atoms with Crippen LogP contribution in [0.4, 0.5) is 0 Å². The van der Waals surface area contributed by atoms with Crippen LogP contribution in [0.25, 0.3) is 0 Å². The van der Waals surface area contributed by atoms with Crippen LogP contribution in [0.5, 0.6) is 0 Å². The normalized spacial score (nSPS) is 15.1. The lowest BCUT2D eigenvalue weighted by atomic mass is 10.0. The second-order valence-electron chi connectivity index (χ2n) is 5.72. The minimum Gasteiger partial charge on any atom is -0.312 e. The van der Waals surface area contributed by atoms with E-state index in [1.54, 1.807) is 0 Å². The molecule has 1 aromatic heterocycles. The van der Waals surface area contributed by atoms with E-state index in [2.05, 4.69) is 23.9 Å². The topological polar surface area (TPSA) is 58.2 Å². The van der Waals surface area contributed by atoms with Gasteiger partial charge in [0, 0.05) is 17.5 Å². The van der Waals surface area contributed by atoms with E-state index in [1.807, 2.05) is 26.2 Å². The van der Waals surface area contributed by atoms with E-state index in [-0.39, 0.29) is 6.04 Å². The highest BCUT2D eigenvalue weighted by atomic mass is 32.2. The fraction of sp³-hybridized carbons (Fsp3) is 0.733. The first-order chi connectivity index (χ1) is 9.81. The SMILES string of the molecule is CCNCc1scc(C)c1S(=O)(=O)NC(C)CC(C)CC. The largest absolute Gasteiger partial charge is 0.312 e. The average Bonchev–Trinajstić information content (AvgIpc) is 2.77. The van der Waals surface area contributed by atoms with Crippen LogP contribution >= 0.6 is 11.3 Å². The smallest absolute Gasteiger partial charge is 0.242 e. The maximum atomic E-state index is 12.6. The van der Waals surface area contributed by atoms with Crippen molar-refractivity contribution in [3.63, 3.8) is 0 Å². The molecule has 0 bridgehead atoms. The Kier molecular flexibility index (Phi) is 7.33. The molecule has 0 aromatic carbocycles. The number of sulfonamides is 1. The Morgan fingerprint density at radius 3 is 2.52 bits per heavy atom. The second kappa shape index (κ2) is 8.27. The number of thiophene rings is 1. The Bertz CT molecular complexity index is 538. The van der Waals surface area contributed by atoms with Gasteiger partial charge in [-0.1, -0.05) is 27.2 Å². The fourth-order valence-electron chi connectivity index (χ4n) is 2.35. The Hall–Kier alpha value is -0.430. The van der Waals surface area contributed by atoms with Gasteiger partial charge in [-0.2, -0.15) is 0 Å². The summed E-state index contributed by atoms with van der Waals surface area (Å²) < 4.78 is 28.1. The zero-order valence-electron chi connectivity index (χ0n) is 13.7. The van der Waals surface area contributed by atoms with Crippen LogP contribution in [0, 0.1) is 12.8 Å². The molecule has 0 aliphatic carbocycles. The first-order valence-corrected chi connectivity index (χ1v) is 9.98. The maximum absolute atomic E-state index is 12.6. The zero-order chi connectivity index (χ0) is 16.0. The number of rotatable bonds is 9. The summed E-state index contributed by atoms with van der Waals surface area (Å²) in [5.74, 6) is 0.521. The molecule has 2 N–H and O–H groups in total. The number of hydrogen-bond acceptors (Lipinski definition) is 4. The highest BCUT2D eigenvalue weighted by molar-refractivity contribution is 7.89. The molecule has 1 heterocycles. The molecule has 21 heavy (non-hydrogen) atoms. The third-order valence-corrected chi connectivity index (χ3v) is 6.65. The fourth-order valence-corrected chi connectivity index (χ4v) is 5.39. The van der Waals surface area contributed by atoms with Gasteiger partial charge in [-0.25, -0.2) is 13.1 Å². The highest BCUT2D eigenvalue weighted by Crippen LogP contribution is 2.27. The lowest BCUT2D eigenvalue weighted by Crippen LogP contribution is -2.34. The van der Waals surface area contributed by atoms with Gasteiger partial charge in [-0.3, -0.25) is 0 Å². The molecule has 1 rings (SSSR count). The Morgan fingerprint density at radius 2 is 1.95 bits per heavy atom. The van der Waals surface area contributed by atoms with Gasteiger partial charge >= 0.3 is 0 Å². The van der Waals surface area contributed by atoms with E-state index in [0.29, 0.717) is 17.4 Å². The summed E-state index contributed by atoms with van der Waals surface area (Å²) in [5.41, 5.74) is 0.830. The molecular weight excluding hydrogens is 304 g/mol. The van der Waals surface area contributed by atoms with Crippen LogP contribution in [0.2, 0.25) is 0 Å². The van der Waals surface area contributed by atoms with Crippen LogP contribution in [0.1, 0.15) is 51.0 Å². The van der Waals surface area contributed by atoms with Gasteiger partial charge in [0.2, 0.25) is 10.0 Å². The molecule has 0 amide bonds. The van der Waals surface area contributed by atoms with Gasteiger partial charge < -0.3 is 5.32 Å². The number of nitrogens with one attached hydrogen (secondary N) is 2. The van der Waals surface area contributed by atoms with Crippen molar-refractivity contribution in [3.8, 4) is 0 Å². The van der Waals surface area contributed by atoms with Crippen LogP contribution in [0.3, 0.4) is 0 Å². The lowest BCUT2D eigenvalue weighted by Gasteiger charge is -2.18. The molecule has 0 saturated carbocycles. The molecule has 0 spiro atoms. The monoisotopic (exact) mass is 332 g/mol. The van der Waals surface area contributed by atoms with E-state index in [0.717, 1.165) is 29.8 Å². The van der Waals surface area contributed by atoms with Crippen LogP contribution < -0.4 is 10.0 Å². The van der Waals surface area contributed by atoms with Crippen molar-refractivity contribution in [1.29, 1.82) is 0 Å². The molecule has 0 aliphatic rings. The minimum absolute atomic E-state index is 0.0452. The predicted molar refractivity (Wildman–Crippen MR) is 90.3 cm³/mol. The zero-order valence-corrected chi connectivity index (χ0v) is 15.3. The van der Waals surface area contributed by atoms with Crippen LogP contribution in [0.15, 0.2) is 10.3 Å². The molecule has 2 unspecified atom stereocenters. The van der Waals surface area contributed by atoms with Crippen LogP contribution in [-0.4, -0.2) is 21.0 Å². The lowest BCUT2D eigenvalue weighted by molar-refractivity contribution is 0.445. The van der Waals surface area contributed by atoms with Crippen molar-refractivity contribution < 1.29 is 8.42 Å². The van der Waals surface area contributed by atoms with Crippen molar-refractivity contribution >= 4 is 21.4 Å². The van der Waals surface area contributed by atoms with Gasteiger partial charge in [0.25, 0.3) is 0 Å². The second-order valence-corrected chi connectivity index (χ2v) is 8.34. The standard InChI is InChI=1S/C15H28N2O2S2/c1-6-11(3)8-13(5)17-21(18,19)15-12(4)10-20-14(15)9-16-7-2/h10-11,13,16-17H,6-9H2,1-5H3. The first kappa shape index (κ1) is 18.6. The molecule has 0 radical (unpaired) electrons. The van der Waals surface area contributed by atoms with E-state index in [9.17, 15) is 8.42 Å². The molecule has 4 nitrogen and oxygen atoms in total. The summed E-state index contributed by atoms with van der Waals surface area (Å²) in [7, 11) is -3.44. The highest BCUT2D eigenvalue weighted by Gasteiger charge is 2.24. The van der Waals surface area contributed by atoms with E-state index < -0.39 is 10.0 Å². The van der Waals surface area contributed by atoms with E-state index in [4.69, 9.17) is 0 Å². The third kappa shape index (κ3) is 5.36. The van der Waals surface area contributed by atoms with Crippen molar-refractivity contribution in [1.82, 2.24) is 10.0 Å². The van der Waals surface area contributed by atoms with Gasteiger partial charge in [0.15, 0.2) is 0 Å². The van der Waals surface area contributed by atoms with E-state index >= 15 is 0 Å². The predicted octanol–water partition coefficient (Wildman–Crippen LogP) is 3.27. The minimum atomic E-state index is -3.44. The van der Waals surface area contributed by atoms with Gasteiger partial charge in [0.05, 0.1) is 0 Å².